The summed E-state index contributed by atoms with van der Waals surface area (Å²) in [5.41, 5.74) is 7.16. The molecular formula is C12H15NO3. The lowest BCUT2D eigenvalue weighted by Gasteiger charge is -2.12. The van der Waals surface area contributed by atoms with Crippen LogP contribution in [0.4, 0.5) is 0 Å². The zero-order valence-corrected chi connectivity index (χ0v) is 9.14. The fourth-order valence-corrected chi connectivity index (χ4v) is 1.91. The lowest BCUT2D eigenvalue weighted by molar-refractivity contribution is -0.123. The third-order valence-electron chi connectivity index (χ3n) is 2.87. The van der Waals surface area contributed by atoms with Crippen molar-refractivity contribution in [2.45, 2.75) is 32.0 Å². The molecule has 2 rings (SSSR count). The fourth-order valence-electron chi connectivity index (χ4n) is 1.91. The lowest BCUT2D eigenvalue weighted by Crippen LogP contribution is -2.30. The number of amides is 1. The number of hydrogen-bond acceptors (Lipinski definition) is 3. The van der Waals surface area contributed by atoms with E-state index in [1.165, 1.54) is 0 Å². The normalized spacial score (nSPS) is 20.2. The van der Waals surface area contributed by atoms with Crippen molar-refractivity contribution in [1.29, 1.82) is 0 Å². The van der Waals surface area contributed by atoms with Crippen molar-refractivity contribution in [3.05, 3.63) is 29.3 Å². The van der Waals surface area contributed by atoms with Crippen molar-refractivity contribution >= 4 is 5.91 Å². The van der Waals surface area contributed by atoms with Gasteiger partial charge in [0.25, 0.3) is 5.91 Å². The van der Waals surface area contributed by atoms with Crippen LogP contribution in [0.15, 0.2) is 18.2 Å². The molecule has 1 aromatic rings. The number of benzene rings is 1. The number of fused-ring (bicyclic) bond motifs is 1. The summed E-state index contributed by atoms with van der Waals surface area (Å²) < 4.78 is 5.38. The zero-order chi connectivity index (χ0) is 11.7. The Hall–Kier alpha value is -1.55. The third kappa shape index (κ3) is 2.02. The van der Waals surface area contributed by atoms with Gasteiger partial charge in [0.1, 0.15) is 5.75 Å². The average Bonchev–Trinajstić information content (AvgIpc) is 2.60. The predicted octanol–water partition coefficient (Wildman–Crippen LogP) is 0.919. The molecule has 0 aliphatic heterocycles. The van der Waals surface area contributed by atoms with Gasteiger partial charge in [-0.05, 0) is 43.0 Å². The lowest BCUT2D eigenvalue weighted by atomic mass is 10.1. The summed E-state index contributed by atoms with van der Waals surface area (Å²) in [7, 11) is 0. The van der Waals surface area contributed by atoms with Crippen molar-refractivity contribution in [1.82, 2.24) is 0 Å². The van der Waals surface area contributed by atoms with Gasteiger partial charge in [0.05, 0.1) is 6.10 Å². The fraction of sp³-hybridized carbons (Fsp3) is 0.417. The van der Waals surface area contributed by atoms with Gasteiger partial charge in [-0.25, -0.2) is 0 Å². The van der Waals surface area contributed by atoms with E-state index in [0.29, 0.717) is 5.75 Å². The predicted molar refractivity (Wildman–Crippen MR) is 59.0 cm³/mol. The minimum Gasteiger partial charge on any atom is -0.481 e. The van der Waals surface area contributed by atoms with Gasteiger partial charge in [-0.1, -0.05) is 6.07 Å². The second-order valence-electron chi connectivity index (χ2n) is 4.08. The highest BCUT2D eigenvalue weighted by Gasteiger charge is 2.21. The second-order valence-corrected chi connectivity index (χ2v) is 4.08. The Labute approximate surface area is 94.0 Å². The maximum absolute atomic E-state index is 10.8. The number of hydrogen-bond donors (Lipinski definition) is 2. The summed E-state index contributed by atoms with van der Waals surface area (Å²) in [5.74, 6) is 0.139. The first kappa shape index (κ1) is 11.0. The molecule has 0 bridgehead atoms. The molecule has 1 unspecified atom stereocenters. The van der Waals surface area contributed by atoms with Crippen LogP contribution in [0.25, 0.3) is 0 Å². The Bertz CT molecular complexity index is 417. The van der Waals surface area contributed by atoms with Crippen LogP contribution in [0.5, 0.6) is 5.75 Å². The molecule has 0 heterocycles. The summed E-state index contributed by atoms with van der Waals surface area (Å²) in [4.78, 5) is 10.8. The van der Waals surface area contributed by atoms with Gasteiger partial charge in [-0.2, -0.15) is 0 Å². The van der Waals surface area contributed by atoms with Crippen LogP contribution < -0.4 is 10.5 Å². The van der Waals surface area contributed by atoms with Crippen molar-refractivity contribution in [3.8, 4) is 5.75 Å². The average molecular weight is 221 g/mol. The number of aryl methyl sites for hydroxylation is 1. The number of ether oxygens (including phenoxy) is 1. The molecule has 1 aliphatic rings. The number of carbonyl (C=O) groups excluding carboxylic acids is 1. The molecule has 4 nitrogen and oxygen atoms in total. The molecule has 0 radical (unpaired) electrons. The van der Waals surface area contributed by atoms with E-state index in [9.17, 15) is 9.90 Å². The van der Waals surface area contributed by atoms with Gasteiger partial charge in [0.2, 0.25) is 0 Å². The van der Waals surface area contributed by atoms with E-state index in [4.69, 9.17) is 10.5 Å². The van der Waals surface area contributed by atoms with E-state index < -0.39 is 12.0 Å². The highest BCUT2D eigenvalue weighted by Crippen LogP contribution is 2.33. The maximum atomic E-state index is 10.8. The molecule has 16 heavy (non-hydrogen) atoms. The van der Waals surface area contributed by atoms with E-state index in [-0.39, 0.29) is 6.10 Å². The van der Waals surface area contributed by atoms with Gasteiger partial charge in [-0.3, -0.25) is 4.79 Å². The number of aliphatic hydroxyl groups is 1. The van der Waals surface area contributed by atoms with Crippen molar-refractivity contribution < 1.29 is 14.6 Å². The van der Waals surface area contributed by atoms with Crippen LogP contribution in [-0.2, 0) is 11.2 Å². The van der Waals surface area contributed by atoms with Crippen LogP contribution in [-0.4, -0.2) is 17.1 Å². The van der Waals surface area contributed by atoms with E-state index in [1.54, 1.807) is 13.0 Å². The highest BCUT2D eigenvalue weighted by atomic mass is 16.5. The van der Waals surface area contributed by atoms with Crippen LogP contribution >= 0.6 is 0 Å². The number of aliphatic hydroxyl groups excluding tert-OH is 1. The standard InChI is InChI=1S/C12H15NO3/c1-7(12(13)15)16-9-3-4-10-8(6-9)2-5-11(10)14/h3-4,6-7,11,14H,2,5H2,1H3,(H2,13,15)/t7?,11-/m1/s1. The second kappa shape index (κ2) is 4.14. The van der Waals surface area contributed by atoms with Gasteiger partial charge >= 0.3 is 0 Å². The quantitative estimate of drug-likeness (QED) is 0.797. The van der Waals surface area contributed by atoms with Crippen molar-refractivity contribution in [2.24, 2.45) is 5.73 Å². The number of primary amides is 1. The number of rotatable bonds is 3. The van der Waals surface area contributed by atoms with E-state index in [0.717, 1.165) is 24.0 Å². The zero-order valence-electron chi connectivity index (χ0n) is 9.14. The van der Waals surface area contributed by atoms with Crippen LogP contribution in [0.2, 0.25) is 0 Å². The first-order valence-corrected chi connectivity index (χ1v) is 5.35. The SMILES string of the molecule is CC(Oc1ccc2c(c1)CC[C@H]2O)C(N)=O. The Morgan fingerprint density at radius 2 is 2.38 bits per heavy atom. The molecule has 0 saturated heterocycles. The molecule has 0 spiro atoms. The molecule has 3 N–H and O–H groups in total. The number of carbonyl (C=O) groups is 1. The Morgan fingerprint density at radius 1 is 1.62 bits per heavy atom. The summed E-state index contributed by atoms with van der Waals surface area (Å²) in [5, 5.41) is 9.63. The molecule has 2 atom stereocenters. The Morgan fingerprint density at radius 3 is 3.06 bits per heavy atom. The van der Waals surface area contributed by atoms with Gasteiger partial charge in [0.15, 0.2) is 6.10 Å². The minimum absolute atomic E-state index is 0.363. The molecular weight excluding hydrogens is 206 g/mol. The molecule has 1 aliphatic carbocycles. The molecule has 0 saturated carbocycles. The smallest absolute Gasteiger partial charge is 0.258 e. The first-order valence-electron chi connectivity index (χ1n) is 5.35. The van der Waals surface area contributed by atoms with Crippen LogP contribution in [0.1, 0.15) is 30.6 Å². The van der Waals surface area contributed by atoms with E-state index in [2.05, 4.69) is 0 Å². The van der Waals surface area contributed by atoms with E-state index in [1.807, 2.05) is 12.1 Å². The molecule has 4 heteroatoms. The summed E-state index contributed by atoms with van der Waals surface area (Å²) in [6, 6.07) is 5.47. The van der Waals surface area contributed by atoms with Crippen molar-refractivity contribution in [2.75, 3.05) is 0 Å². The van der Waals surface area contributed by atoms with Crippen molar-refractivity contribution in [3.63, 3.8) is 0 Å². The summed E-state index contributed by atoms with van der Waals surface area (Å²) in [6.45, 7) is 1.62. The Balaban J connectivity index is 2.16. The monoisotopic (exact) mass is 221 g/mol. The highest BCUT2D eigenvalue weighted by molar-refractivity contribution is 5.78. The van der Waals surface area contributed by atoms with Gasteiger partial charge in [-0.15, -0.1) is 0 Å². The van der Waals surface area contributed by atoms with Crippen LogP contribution in [0.3, 0.4) is 0 Å². The third-order valence-corrected chi connectivity index (χ3v) is 2.87. The molecule has 1 amide bonds. The number of nitrogens with two attached hydrogens (primary N) is 1. The first-order chi connectivity index (χ1) is 7.58. The van der Waals surface area contributed by atoms with E-state index >= 15 is 0 Å². The topological polar surface area (TPSA) is 72.6 Å². The molecule has 1 aromatic carbocycles. The summed E-state index contributed by atoms with van der Waals surface area (Å²) >= 11 is 0. The van der Waals surface area contributed by atoms with Crippen LogP contribution in [0, 0.1) is 0 Å². The van der Waals surface area contributed by atoms with Gasteiger partial charge < -0.3 is 15.6 Å². The largest absolute Gasteiger partial charge is 0.481 e. The summed E-state index contributed by atoms with van der Waals surface area (Å²) in [6.07, 6.45) is 0.602. The molecule has 86 valence electrons. The van der Waals surface area contributed by atoms with Gasteiger partial charge in [0, 0.05) is 0 Å². The minimum atomic E-state index is -0.635. The maximum Gasteiger partial charge on any atom is 0.258 e. The molecule has 0 aromatic heterocycles. The molecule has 0 fully saturated rings. The Kier molecular flexibility index (Phi) is 2.83.